The maximum Gasteiger partial charge on any atom is 0.277 e. The van der Waals surface area contributed by atoms with Crippen LogP contribution >= 0.6 is 0 Å². The van der Waals surface area contributed by atoms with Gasteiger partial charge in [0.15, 0.2) is 0 Å². The summed E-state index contributed by atoms with van der Waals surface area (Å²) in [6, 6.07) is 0. The van der Waals surface area contributed by atoms with Gasteiger partial charge in [-0.3, -0.25) is 14.4 Å². The highest BCUT2D eigenvalue weighted by Gasteiger charge is 2.32. The van der Waals surface area contributed by atoms with E-state index in [4.69, 9.17) is 0 Å². The van der Waals surface area contributed by atoms with Crippen molar-refractivity contribution >= 4 is 25.0 Å². The fourth-order valence-electron chi connectivity index (χ4n) is 1.01. The minimum absolute atomic E-state index is 0.137. The largest absolute Gasteiger partial charge is 0.343 e. The number of nitrogens with zero attached hydrogens (tertiary/aromatic N) is 1. The van der Waals surface area contributed by atoms with Crippen molar-refractivity contribution < 1.29 is 19.2 Å². The Morgan fingerprint density at radius 2 is 2.00 bits per heavy atom. The van der Waals surface area contributed by atoms with Crippen molar-refractivity contribution in [2.45, 2.75) is 26.1 Å². The average molecular weight is 183 g/mol. The molecule has 0 aliphatic carbocycles. The van der Waals surface area contributed by atoms with Gasteiger partial charge in [-0.1, -0.05) is 13.2 Å². The van der Waals surface area contributed by atoms with Crippen LogP contribution in [0.2, 0.25) is 6.32 Å². The second-order valence-corrected chi connectivity index (χ2v) is 2.80. The van der Waals surface area contributed by atoms with E-state index in [1.165, 1.54) is 0 Å². The number of imide groups is 1. The van der Waals surface area contributed by atoms with Crippen molar-refractivity contribution in [1.29, 1.82) is 0 Å². The standard InChI is InChI=1S/C7H10BNO4/c1-2-8-7(12)13-9-5(10)3-4-6(9)11/h8H,2-4H2,1H3. The SMILES string of the molecule is CCBC(=O)ON1C(=O)CCC1=O. The Morgan fingerprint density at radius 1 is 1.46 bits per heavy atom. The fraction of sp³-hybridized carbons (Fsp3) is 0.571. The van der Waals surface area contributed by atoms with E-state index in [0.29, 0.717) is 11.4 Å². The van der Waals surface area contributed by atoms with E-state index in [-0.39, 0.29) is 20.1 Å². The molecule has 0 saturated carbocycles. The Bertz CT molecular complexity index is 237. The van der Waals surface area contributed by atoms with Gasteiger partial charge in [-0.25, -0.2) is 0 Å². The number of hydroxylamine groups is 2. The highest BCUT2D eigenvalue weighted by Crippen LogP contribution is 2.12. The highest BCUT2D eigenvalue weighted by atomic mass is 16.7. The fourth-order valence-corrected chi connectivity index (χ4v) is 1.01. The summed E-state index contributed by atoms with van der Waals surface area (Å²) in [5.41, 5.74) is 0. The topological polar surface area (TPSA) is 63.7 Å². The molecule has 1 aliphatic rings. The number of carbonyl (C=O) groups excluding carboxylic acids is 3. The molecule has 1 rings (SSSR count). The van der Waals surface area contributed by atoms with E-state index < -0.39 is 17.7 Å². The first kappa shape index (κ1) is 9.76. The number of amides is 2. The van der Waals surface area contributed by atoms with Crippen LogP contribution in [0.15, 0.2) is 0 Å². The molecule has 2 amide bonds. The predicted octanol–water partition coefficient (Wildman–Crippen LogP) is 0.0617. The van der Waals surface area contributed by atoms with Crippen LogP contribution in [0.3, 0.4) is 0 Å². The Hall–Kier alpha value is -1.33. The predicted molar refractivity (Wildman–Crippen MR) is 45.2 cm³/mol. The summed E-state index contributed by atoms with van der Waals surface area (Å²) in [5.74, 6) is -1.41. The third-order valence-corrected chi connectivity index (χ3v) is 1.65. The van der Waals surface area contributed by atoms with Crippen molar-refractivity contribution in [2.75, 3.05) is 0 Å². The van der Waals surface area contributed by atoms with Crippen LogP contribution in [0.4, 0.5) is 4.79 Å². The van der Waals surface area contributed by atoms with Crippen LogP contribution < -0.4 is 0 Å². The molecule has 6 heteroatoms. The lowest BCUT2D eigenvalue weighted by Gasteiger charge is -2.11. The van der Waals surface area contributed by atoms with Crippen LogP contribution in [-0.4, -0.2) is 30.0 Å². The van der Waals surface area contributed by atoms with Crippen molar-refractivity contribution in [1.82, 2.24) is 5.06 Å². The molecule has 0 unspecified atom stereocenters. The molecule has 0 spiro atoms. The summed E-state index contributed by atoms with van der Waals surface area (Å²) in [7, 11) is 0.219. The molecular formula is C7H10BNO4. The maximum atomic E-state index is 11.0. The molecule has 13 heavy (non-hydrogen) atoms. The summed E-state index contributed by atoms with van der Waals surface area (Å²) in [6.07, 6.45) is 0.908. The minimum atomic E-state index is -0.536. The van der Waals surface area contributed by atoms with E-state index in [1.54, 1.807) is 0 Å². The molecule has 1 aliphatic heterocycles. The molecular weight excluding hydrogens is 173 g/mol. The summed E-state index contributed by atoms with van der Waals surface area (Å²) >= 11 is 0. The van der Waals surface area contributed by atoms with Crippen LogP contribution in [0.25, 0.3) is 0 Å². The van der Waals surface area contributed by atoms with Crippen molar-refractivity contribution in [3.8, 4) is 0 Å². The lowest BCUT2D eigenvalue weighted by Crippen LogP contribution is -2.33. The Labute approximate surface area is 76.2 Å². The van der Waals surface area contributed by atoms with Crippen LogP contribution in [-0.2, 0) is 14.4 Å². The molecule has 0 radical (unpaired) electrons. The lowest BCUT2D eigenvalue weighted by molar-refractivity contribution is -0.169. The molecule has 0 aromatic carbocycles. The molecule has 70 valence electrons. The Balaban J connectivity index is 2.48. The van der Waals surface area contributed by atoms with Gasteiger partial charge in [0.1, 0.15) is 0 Å². The Morgan fingerprint density at radius 3 is 2.46 bits per heavy atom. The van der Waals surface area contributed by atoms with Gasteiger partial charge < -0.3 is 4.84 Å². The molecule has 0 bridgehead atoms. The third kappa shape index (κ3) is 2.30. The molecule has 1 fully saturated rings. The summed E-state index contributed by atoms with van der Waals surface area (Å²) in [4.78, 5) is 37.4. The molecule has 1 saturated heterocycles. The average Bonchev–Trinajstić information content (AvgIpc) is 2.36. The second-order valence-electron chi connectivity index (χ2n) is 2.80. The first-order valence-electron chi connectivity index (χ1n) is 4.21. The summed E-state index contributed by atoms with van der Waals surface area (Å²) < 4.78 is 0. The zero-order valence-electron chi connectivity index (χ0n) is 7.41. The maximum absolute atomic E-state index is 11.0. The Kier molecular flexibility index (Phi) is 3.05. The normalized spacial score (nSPS) is 16.2. The van der Waals surface area contributed by atoms with Gasteiger partial charge in [0.05, 0.1) is 0 Å². The first-order chi connectivity index (χ1) is 6.15. The van der Waals surface area contributed by atoms with Crippen LogP contribution in [0.1, 0.15) is 19.8 Å². The van der Waals surface area contributed by atoms with Gasteiger partial charge in [0.25, 0.3) is 25.0 Å². The van der Waals surface area contributed by atoms with Gasteiger partial charge in [0, 0.05) is 12.8 Å². The molecule has 0 N–H and O–H groups in total. The van der Waals surface area contributed by atoms with E-state index in [9.17, 15) is 14.4 Å². The van der Waals surface area contributed by atoms with Crippen molar-refractivity contribution in [3.63, 3.8) is 0 Å². The number of carbonyl (C=O) groups is 3. The molecule has 0 aromatic heterocycles. The zero-order valence-corrected chi connectivity index (χ0v) is 7.41. The van der Waals surface area contributed by atoms with Gasteiger partial charge >= 0.3 is 0 Å². The van der Waals surface area contributed by atoms with E-state index in [1.807, 2.05) is 6.92 Å². The van der Waals surface area contributed by atoms with Gasteiger partial charge in [-0.05, 0) is 0 Å². The molecule has 5 nitrogen and oxygen atoms in total. The van der Waals surface area contributed by atoms with Gasteiger partial charge in [-0.15, -0.1) is 5.06 Å². The van der Waals surface area contributed by atoms with Crippen LogP contribution in [0.5, 0.6) is 0 Å². The summed E-state index contributed by atoms with van der Waals surface area (Å²) in [6.45, 7) is 1.81. The zero-order chi connectivity index (χ0) is 9.84. The minimum Gasteiger partial charge on any atom is -0.343 e. The monoisotopic (exact) mass is 183 g/mol. The van der Waals surface area contributed by atoms with E-state index in [2.05, 4.69) is 4.84 Å². The van der Waals surface area contributed by atoms with Crippen molar-refractivity contribution in [3.05, 3.63) is 0 Å². The number of hydrogen-bond acceptors (Lipinski definition) is 4. The van der Waals surface area contributed by atoms with Crippen LogP contribution in [0, 0.1) is 0 Å². The number of hydrogen-bond donors (Lipinski definition) is 0. The second kappa shape index (κ2) is 4.07. The number of rotatable bonds is 3. The van der Waals surface area contributed by atoms with Gasteiger partial charge in [-0.2, -0.15) is 0 Å². The molecule has 0 atom stereocenters. The van der Waals surface area contributed by atoms with Crippen molar-refractivity contribution in [2.24, 2.45) is 0 Å². The van der Waals surface area contributed by atoms with E-state index in [0.717, 1.165) is 0 Å². The molecule has 1 heterocycles. The summed E-state index contributed by atoms with van der Waals surface area (Å²) in [5, 5.41) is 0.567. The smallest absolute Gasteiger partial charge is 0.277 e. The quantitative estimate of drug-likeness (QED) is 0.458. The van der Waals surface area contributed by atoms with E-state index >= 15 is 0 Å². The lowest BCUT2D eigenvalue weighted by atomic mass is 9.76. The molecule has 0 aromatic rings. The first-order valence-corrected chi connectivity index (χ1v) is 4.21. The van der Waals surface area contributed by atoms with Gasteiger partial charge in [0.2, 0.25) is 0 Å². The highest BCUT2D eigenvalue weighted by molar-refractivity contribution is 6.71. The third-order valence-electron chi connectivity index (χ3n) is 1.65.